The fourth-order valence-electron chi connectivity index (χ4n) is 9.71. The number of unbranched alkanes of at least 4 members (excludes halogenated alkanes) is 43. The summed E-state index contributed by atoms with van der Waals surface area (Å²) in [5.41, 5.74) is 0. The fraction of sp³-hybridized carbons (Fsp3) is 0.866. The van der Waals surface area contributed by atoms with Crippen LogP contribution in [0.25, 0.3) is 0 Å². The second-order valence-corrected chi connectivity index (χ2v) is 22.0. The maximum atomic E-state index is 12.8. The van der Waals surface area contributed by atoms with Gasteiger partial charge < -0.3 is 14.2 Å². The van der Waals surface area contributed by atoms with Crippen LogP contribution in [0.4, 0.5) is 0 Å². The Morgan fingerprint density at radius 2 is 0.521 bits per heavy atom. The largest absolute Gasteiger partial charge is 0.462 e. The van der Waals surface area contributed by atoms with E-state index < -0.39 is 6.10 Å². The third kappa shape index (κ3) is 60.4. The average Bonchev–Trinajstić information content (AvgIpc) is 3.39. The van der Waals surface area contributed by atoms with Crippen LogP contribution in [0.1, 0.15) is 355 Å². The lowest BCUT2D eigenvalue weighted by Crippen LogP contribution is -2.30. The molecule has 6 nitrogen and oxygen atoms in total. The molecule has 0 heterocycles. The van der Waals surface area contributed by atoms with Crippen molar-refractivity contribution < 1.29 is 28.6 Å². The van der Waals surface area contributed by atoms with Gasteiger partial charge in [-0.15, -0.1) is 0 Å². The molecule has 0 saturated heterocycles. The molecule has 428 valence electrons. The minimum atomic E-state index is -0.775. The van der Waals surface area contributed by atoms with E-state index in [1.54, 1.807) is 0 Å². The third-order valence-corrected chi connectivity index (χ3v) is 14.6. The Morgan fingerprint density at radius 1 is 0.274 bits per heavy atom. The summed E-state index contributed by atoms with van der Waals surface area (Å²) in [5.74, 6) is -0.868. The van der Waals surface area contributed by atoms with Crippen molar-refractivity contribution in [2.45, 2.75) is 361 Å². The molecule has 6 heteroatoms. The van der Waals surface area contributed by atoms with E-state index in [1.807, 2.05) is 0 Å². The second kappa shape index (κ2) is 62.2. The Bertz CT molecular complexity index is 1220. The summed E-state index contributed by atoms with van der Waals surface area (Å²) in [4.78, 5) is 38.1. The number of carbonyl (C=O) groups excluding carboxylic acids is 3. The fourth-order valence-corrected chi connectivity index (χ4v) is 9.71. The highest BCUT2D eigenvalue weighted by molar-refractivity contribution is 5.71. The topological polar surface area (TPSA) is 78.9 Å². The molecule has 0 bridgehead atoms. The van der Waals surface area contributed by atoms with Crippen molar-refractivity contribution in [3.05, 3.63) is 36.5 Å². The maximum Gasteiger partial charge on any atom is 0.306 e. The summed E-state index contributed by atoms with van der Waals surface area (Å²) >= 11 is 0. The Balaban J connectivity index is 4.05. The van der Waals surface area contributed by atoms with Crippen LogP contribution < -0.4 is 0 Å². The monoisotopic (exact) mass is 1020 g/mol. The lowest BCUT2D eigenvalue weighted by Gasteiger charge is -2.18. The summed E-state index contributed by atoms with van der Waals surface area (Å²) in [6.07, 6.45) is 76.1. The molecule has 0 rings (SSSR count). The summed E-state index contributed by atoms with van der Waals surface area (Å²) in [6.45, 7) is 6.60. The van der Waals surface area contributed by atoms with Gasteiger partial charge in [0.1, 0.15) is 13.2 Å². The summed E-state index contributed by atoms with van der Waals surface area (Å²) < 4.78 is 16.9. The summed E-state index contributed by atoms with van der Waals surface area (Å²) in [6, 6.07) is 0. The highest BCUT2D eigenvalue weighted by atomic mass is 16.6. The molecular weight excluding hydrogens is 901 g/mol. The van der Waals surface area contributed by atoms with Crippen LogP contribution >= 0.6 is 0 Å². The molecule has 1 atom stereocenters. The lowest BCUT2D eigenvalue weighted by atomic mass is 10.0. The third-order valence-electron chi connectivity index (χ3n) is 14.6. The normalized spacial score (nSPS) is 12.2. The van der Waals surface area contributed by atoms with Crippen molar-refractivity contribution in [3.8, 4) is 0 Å². The smallest absolute Gasteiger partial charge is 0.306 e. The molecule has 0 amide bonds. The zero-order valence-electron chi connectivity index (χ0n) is 49.2. The molecule has 0 spiro atoms. The maximum absolute atomic E-state index is 12.8. The highest BCUT2D eigenvalue weighted by Crippen LogP contribution is 2.18. The van der Waals surface area contributed by atoms with E-state index in [0.717, 1.165) is 89.9 Å². The van der Waals surface area contributed by atoms with Crippen molar-refractivity contribution in [2.75, 3.05) is 13.2 Å². The van der Waals surface area contributed by atoms with Gasteiger partial charge in [-0.05, 0) is 70.6 Å². The van der Waals surface area contributed by atoms with Crippen LogP contribution in [0.3, 0.4) is 0 Å². The molecule has 0 aliphatic heterocycles. The second-order valence-electron chi connectivity index (χ2n) is 22.0. The van der Waals surface area contributed by atoms with Crippen molar-refractivity contribution in [3.63, 3.8) is 0 Å². The van der Waals surface area contributed by atoms with E-state index >= 15 is 0 Å². The number of hydrogen-bond acceptors (Lipinski definition) is 6. The predicted octanol–water partition coefficient (Wildman–Crippen LogP) is 22.0. The molecule has 0 aromatic carbocycles. The standard InChI is InChI=1S/C67H124O6/c1-4-7-10-13-16-19-22-24-25-26-27-28-29-30-31-32-33-34-35-36-37-38-39-40-41-43-45-48-51-54-57-60-66(69)72-63-64(62-71-65(68)59-56-53-50-47-44-21-18-15-12-9-6-3)73-67(70)61-58-55-52-49-46-42-23-20-17-14-11-8-5-2/h11,14,20,23,26-27,64H,4-10,12-13,15-19,21-22,24-25,28-63H2,1-3H3/b14-11-,23-20-,27-26-. The van der Waals surface area contributed by atoms with E-state index in [4.69, 9.17) is 14.2 Å². The minimum Gasteiger partial charge on any atom is -0.462 e. The Hall–Kier alpha value is -2.37. The molecule has 73 heavy (non-hydrogen) atoms. The molecule has 0 aromatic rings. The number of allylic oxidation sites excluding steroid dienone is 6. The minimum absolute atomic E-state index is 0.0731. The van der Waals surface area contributed by atoms with E-state index in [1.165, 1.54) is 225 Å². The van der Waals surface area contributed by atoms with Crippen LogP contribution in [0.2, 0.25) is 0 Å². The Labute approximate surface area is 455 Å². The first kappa shape index (κ1) is 70.6. The first-order valence-electron chi connectivity index (χ1n) is 32.5. The summed E-state index contributed by atoms with van der Waals surface area (Å²) in [5, 5.41) is 0. The molecule has 0 aromatic heterocycles. The molecule has 0 aliphatic rings. The van der Waals surface area contributed by atoms with Gasteiger partial charge in [-0.3, -0.25) is 14.4 Å². The Kier molecular flexibility index (Phi) is 60.2. The van der Waals surface area contributed by atoms with Crippen molar-refractivity contribution >= 4 is 17.9 Å². The number of rotatable bonds is 60. The molecule has 0 saturated carbocycles. The van der Waals surface area contributed by atoms with Gasteiger partial charge >= 0.3 is 17.9 Å². The van der Waals surface area contributed by atoms with Crippen molar-refractivity contribution in [1.29, 1.82) is 0 Å². The number of carbonyl (C=O) groups is 3. The van der Waals surface area contributed by atoms with Crippen LogP contribution in [-0.2, 0) is 28.6 Å². The van der Waals surface area contributed by atoms with Gasteiger partial charge in [-0.25, -0.2) is 0 Å². The van der Waals surface area contributed by atoms with Gasteiger partial charge in [0.05, 0.1) is 0 Å². The van der Waals surface area contributed by atoms with Crippen molar-refractivity contribution in [1.82, 2.24) is 0 Å². The van der Waals surface area contributed by atoms with Gasteiger partial charge in [-0.1, -0.05) is 301 Å². The highest BCUT2D eigenvalue weighted by Gasteiger charge is 2.19. The number of hydrogen-bond donors (Lipinski definition) is 0. The van der Waals surface area contributed by atoms with Gasteiger partial charge in [0.15, 0.2) is 6.10 Å². The van der Waals surface area contributed by atoms with E-state index in [0.29, 0.717) is 19.3 Å². The van der Waals surface area contributed by atoms with Crippen LogP contribution in [-0.4, -0.2) is 37.2 Å². The van der Waals surface area contributed by atoms with Gasteiger partial charge in [0.25, 0.3) is 0 Å². The lowest BCUT2D eigenvalue weighted by molar-refractivity contribution is -0.167. The van der Waals surface area contributed by atoms with Crippen molar-refractivity contribution in [2.24, 2.45) is 0 Å². The van der Waals surface area contributed by atoms with E-state index in [-0.39, 0.29) is 31.1 Å². The summed E-state index contributed by atoms with van der Waals surface area (Å²) in [7, 11) is 0. The SMILES string of the molecule is CCC/C=C\C/C=C\CCCCCCCC(=O)OC(COC(=O)CCCCCCCCCCCCC)COC(=O)CCCCCCCCCCCCCCCCCCCCC/C=C\CCCCCCCCCC. The molecule has 0 N–H and O–H groups in total. The zero-order chi connectivity index (χ0) is 52.9. The number of esters is 3. The molecule has 1 unspecified atom stereocenters. The van der Waals surface area contributed by atoms with Crippen LogP contribution in [0, 0.1) is 0 Å². The molecule has 0 aliphatic carbocycles. The van der Waals surface area contributed by atoms with Gasteiger partial charge in [0, 0.05) is 19.3 Å². The molecule has 0 fully saturated rings. The molecular formula is C67H124O6. The predicted molar refractivity (Wildman–Crippen MR) is 316 cm³/mol. The van der Waals surface area contributed by atoms with E-state index in [9.17, 15) is 14.4 Å². The van der Waals surface area contributed by atoms with Gasteiger partial charge in [0.2, 0.25) is 0 Å². The first-order valence-corrected chi connectivity index (χ1v) is 32.5. The quantitative estimate of drug-likeness (QED) is 0.0261. The van der Waals surface area contributed by atoms with Gasteiger partial charge in [-0.2, -0.15) is 0 Å². The number of ether oxygens (including phenoxy) is 3. The van der Waals surface area contributed by atoms with E-state index in [2.05, 4.69) is 57.2 Å². The first-order chi connectivity index (χ1) is 36.0. The average molecular weight is 1030 g/mol. The Morgan fingerprint density at radius 3 is 0.822 bits per heavy atom. The molecule has 0 radical (unpaired) electrons. The van der Waals surface area contributed by atoms with Crippen LogP contribution in [0.15, 0.2) is 36.5 Å². The zero-order valence-corrected chi connectivity index (χ0v) is 49.2. The van der Waals surface area contributed by atoms with Crippen LogP contribution in [0.5, 0.6) is 0 Å².